The van der Waals surface area contributed by atoms with Gasteiger partial charge in [-0.05, 0) is 91.3 Å². The lowest BCUT2D eigenvalue weighted by molar-refractivity contribution is 0.446. The summed E-state index contributed by atoms with van der Waals surface area (Å²) in [7, 11) is 0. The first-order chi connectivity index (χ1) is 13.6. The number of phenols is 2. The van der Waals surface area contributed by atoms with Crippen LogP contribution in [0.25, 0.3) is 0 Å². The minimum atomic E-state index is 0.0206. The van der Waals surface area contributed by atoms with Gasteiger partial charge in [-0.25, -0.2) is 0 Å². The summed E-state index contributed by atoms with van der Waals surface area (Å²) in [6.07, 6.45) is 13.2. The Labute approximate surface area is 178 Å². The third-order valence-electron chi connectivity index (χ3n) is 5.13. The molecule has 29 heavy (non-hydrogen) atoms. The van der Waals surface area contributed by atoms with Crippen molar-refractivity contribution >= 4 is 0 Å². The van der Waals surface area contributed by atoms with E-state index in [1.807, 2.05) is 0 Å². The Bertz CT molecular complexity index is 770. The van der Waals surface area contributed by atoms with E-state index in [1.54, 1.807) is 12.1 Å². The summed E-state index contributed by atoms with van der Waals surface area (Å²) in [5, 5.41) is 20.5. The van der Waals surface area contributed by atoms with Crippen LogP contribution in [0.2, 0.25) is 0 Å². The Hall–Kier alpha value is -2.22. The molecule has 0 aliphatic carbocycles. The quantitative estimate of drug-likeness (QED) is 0.309. The van der Waals surface area contributed by atoms with Crippen LogP contribution in [0.5, 0.6) is 11.5 Å². The van der Waals surface area contributed by atoms with Gasteiger partial charge in [-0.2, -0.15) is 0 Å². The predicted octanol–water partition coefficient (Wildman–Crippen LogP) is 8.20. The van der Waals surface area contributed by atoms with Crippen molar-refractivity contribution in [2.24, 2.45) is 5.92 Å². The largest absolute Gasteiger partial charge is 0.508 e. The van der Waals surface area contributed by atoms with Gasteiger partial charge in [-0.1, -0.05) is 53.5 Å². The minimum Gasteiger partial charge on any atom is -0.508 e. The molecule has 2 N–H and O–H groups in total. The van der Waals surface area contributed by atoms with Gasteiger partial charge in [-0.15, -0.1) is 0 Å². The van der Waals surface area contributed by atoms with Crippen molar-refractivity contribution in [2.75, 3.05) is 0 Å². The molecule has 2 nitrogen and oxygen atoms in total. The molecule has 0 bridgehead atoms. The second-order valence-electron chi connectivity index (χ2n) is 8.79. The maximum atomic E-state index is 10.5. The number of hydrogen-bond donors (Lipinski definition) is 2. The molecule has 0 aliphatic rings. The Morgan fingerprint density at radius 2 is 1.34 bits per heavy atom. The van der Waals surface area contributed by atoms with E-state index in [-0.39, 0.29) is 23.3 Å². The monoisotopic (exact) mass is 396 g/mol. The van der Waals surface area contributed by atoms with E-state index in [0.717, 1.165) is 31.2 Å². The van der Waals surface area contributed by atoms with Gasteiger partial charge in [-0.3, -0.25) is 0 Å². The van der Waals surface area contributed by atoms with Crippen molar-refractivity contribution in [1.29, 1.82) is 0 Å². The van der Waals surface area contributed by atoms with E-state index >= 15 is 0 Å². The van der Waals surface area contributed by atoms with Crippen LogP contribution in [0.1, 0.15) is 85.6 Å². The summed E-state index contributed by atoms with van der Waals surface area (Å²) >= 11 is 0. The molecule has 2 heteroatoms. The Kier molecular flexibility index (Phi) is 10.6. The van der Waals surface area contributed by atoms with Crippen molar-refractivity contribution in [2.45, 2.75) is 80.1 Å². The zero-order chi connectivity index (χ0) is 22.0. The van der Waals surface area contributed by atoms with Crippen LogP contribution < -0.4 is 0 Å². The predicted molar refractivity (Wildman–Crippen MR) is 127 cm³/mol. The highest BCUT2D eigenvalue weighted by Crippen LogP contribution is 2.37. The van der Waals surface area contributed by atoms with Crippen LogP contribution in [-0.4, -0.2) is 10.2 Å². The van der Waals surface area contributed by atoms with Crippen LogP contribution in [0.4, 0.5) is 0 Å². The SMILES string of the molecule is CC(C)=CCC/C(C)=C/C(C)C(/C=C(\C)CCC=C(C)C)c1cc(O)ccc1O. The zero-order valence-electron chi connectivity index (χ0n) is 19.4. The van der Waals surface area contributed by atoms with E-state index in [1.165, 1.54) is 28.4 Å². The molecule has 0 spiro atoms. The molecule has 1 rings (SSSR count). The number of aromatic hydroxyl groups is 2. The number of rotatable bonds is 10. The van der Waals surface area contributed by atoms with Crippen molar-refractivity contribution in [3.05, 3.63) is 70.4 Å². The average Bonchev–Trinajstić information content (AvgIpc) is 2.61. The van der Waals surface area contributed by atoms with Crippen LogP contribution in [0.15, 0.2) is 64.8 Å². The van der Waals surface area contributed by atoms with E-state index in [2.05, 4.69) is 72.8 Å². The fourth-order valence-corrected chi connectivity index (χ4v) is 3.54. The first-order valence-corrected chi connectivity index (χ1v) is 10.7. The van der Waals surface area contributed by atoms with Crippen molar-refractivity contribution < 1.29 is 10.2 Å². The van der Waals surface area contributed by atoms with Gasteiger partial charge in [0.25, 0.3) is 0 Å². The van der Waals surface area contributed by atoms with E-state index in [9.17, 15) is 10.2 Å². The molecule has 0 aliphatic heterocycles. The number of benzene rings is 1. The third kappa shape index (κ3) is 9.69. The molecule has 160 valence electrons. The molecule has 0 saturated carbocycles. The summed E-state index contributed by atoms with van der Waals surface area (Å²) in [5.74, 6) is 0.665. The molecule has 0 fully saturated rings. The highest BCUT2D eigenvalue weighted by molar-refractivity contribution is 5.44. The maximum Gasteiger partial charge on any atom is 0.119 e. The van der Waals surface area contributed by atoms with Crippen molar-refractivity contribution in [1.82, 2.24) is 0 Å². The lowest BCUT2D eigenvalue weighted by Crippen LogP contribution is -2.07. The molecule has 0 heterocycles. The number of allylic oxidation sites excluding steroid dienone is 8. The van der Waals surface area contributed by atoms with Crippen LogP contribution in [0.3, 0.4) is 0 Å². The number of hydrogen-bond acceptors (Lipinski definition) is 2. The summed E-state index contributed by atoms with van der Waals surface area (Å²) < 4.78 is 0. The molecule has 2 unspecified atom stereocenters. The molecule has 0 saturated heterocycles. The molecule has 0 radical (unpaired) electrons. The summed E-state index contributed by atoms with van der Waals surface area (Å²) in [4.78, 5) is 0. The molecule has 2 atom stereocenters. The van der Waals surface area contributed by atoms with Crippen molar-refractivity contribution in [3.8, 4) is 11.5 Å². The maximum absolute atomic E-state index is 10.5. The van der Waals surface area contributed by atoms with Gasteiger partial charge in [0.1, 0.15) is 11.5 Å². The van der Waals surface area contributed by atoms with Crippen LogP contribution >= 0.6 is 0 Å². The van der Waals surface area contributed by atoms with Gasteiger partial charge < -0.3 is 10.2 Å². The second kappa shape index (κ2) is 12.4. The fourth-order valence-electron chi connectivity index (χ4n) is 3.54. The lowest BCUT2D eigenvalue weighted by atomic mass is 9.83. The highest BCUT2D eigenvalue weighted by atomic mass is 16.3. The van der Waals surface area contributed by atoms with Crippen LogP contribution in [-0.2, 0) is 0 Å². The number of phenolic OH excluding ortho intramolecular Hbond substituents is 2. The van der Waals surface area contributed by atoms with Crippen molar-refractivity contribution in [3.63, 3.8) is 0 Å². The fraction of sp³-hybridized carbons (Fsp3) is 0.481. The van der Waals surface area contributed by atoms with Gasteiger partial charge in [0.15, 0.2) is 0 Å². The molecular formula is C27H40O2. The minimum absolute atomic E-state index is 0.0206. The second-order valence-corrected chi connectivity index (χ2v) is 8.79. The lowest BCUT2D eigenvalue weighted by Gasteiger charge is -2.22. The molecule has 0 amide bonds. The van der Waals surface area contributed by atoms with Gasteiger partial charge in [0, 0.05) is 11.5 Å². The van der Waals surface area contributed by atoms with E-state index in [4.69, 9.17) is 0 Å². The molecular weight excluding hydrogens is 356 g/mol. The Morgan fingerprint density at radius 1 is 0.828 bits per heavy atom. The normalized spacial score (nSPS) is 14.3. The van der Waals surface area contributed by atoms with E-state index in [0.29, 0.717) is 0 Å². The van der Waals surface area contributed by atoms with Gasteiger partial charge >= 0.3 is 0 Å². The standard InChI is InChI=1S/C27H40O2/c1-19(2)10-8-12-21(5)16-23(7)25(17-22(6)13-9-11-20(3)4)26-18-24(28)14-15-27(26)29/h10-11,14-18,23,25,28-29H,8-9,12-13H2,1-7H3/b21-16+,22-17+. The summed E-state index contributed by atoms with van der Waals surface area (Å²) in [5.41, 5.74) is 6.13. The Balaban J connectivity index is 3.14. The van der Waals surface area contributed by atoms with Gasteiger partial charge in [0.05, 0.1) is 0 Å². The topological polar surface area (TPSA) is 40.5 Å². The highest BCUT2D eigenvalue weighted by Gasteiger charge is 2.20. The first-order valence-electron chi connectivity index (χ1n) is 10.7. The summed E-state index contributed by atoms with van der Waals surface area (Å²) in [6, 6.07) is 4.82. The molecule has 0 aromatic heterocycles. The van der Waals surface area contributed by atoms with Gasteiger partial charge in [0.2, 0.25) is 0 Å². The zero-order valence-corrected chi connectivity index (χ0v) is 19.4. The molecule has 1 aromatic rings. The smallest absolute Gasteiger partial charge is 0.119 e. The van der Waals surface area contributed by atoms with E-state index < -0.39 is 0 Å². The summed E-state index contributed by atoms with van der Waals surface area (Å²) in [6.45, 7) is 15.0. The average molecular weight is 397 g/mol. The third-order valence-corrected chi connectivity index (χ3v) is 5.13. The van der Waals surface area contributed by atoms with Crippen LogP contribution in [0, 0.1) is 5.92 Å². The first kappa shape index (κ1) is 24.8. The molecule has 1 aromatic carbocycles. The Morgan fingerprint density at radius 3 is 1.86 bits per heavy atom.